The quantitative estimate of drug-likeness (QED) is 0.305. The number of rotatable bonds is 10. The van der Waals surface area contributed by atoms with E-state index in [4.69, 9.17) is 5.11 Å². The molecule has 0 heterocycles. The number of carboxylic acids is 1. The summed E-state index contributed by atoms with van der Waals surface area (Å²) >= 11 is 0. The molecule has 0 fully saturated rings. The zero-order valence-electron chi connectivity index (χ0n) is 17.7. The van der Waals surface area contributed by atoms with Gasteiger partial charge in [0, 0.05) is 0 Å². The second-order valence-electron chi connectivity index (χ2n) is 7.51. The molecule has 0 saturated heterocycles. The van der Waals surface area contributed by atoms with Gasteiger partial charge in [-0.2, -0.15) is 57.1 Å². The van der Waals surface area contributed by atoms with Gasteiger partial charge in [0.15, 0.2) is 0 Å². The molecule has 0 saturated carbocycles. The minimum Gasteiger partial charge on any atom is -0.493 e. The number of aromatic carboxylic acids is 1. The molecule has 0 spiro atoms. The smallest absolute Gasteiger partial charge is 0.460 e. The second-order valence-corrected chi connectivity index (χ2v) is 7.51. The van der Waals surface area contributed by atoms with Crippen molar-refractivity contribution >= 4 is 5.97 Å². The topological polar surface area (TPSA) is 46.5 Å². The summed E-state index contributed by atoms with van der Waals surface area (Å²) in [6.07, 6.45) is -9.93. The monoisotopic (exact) mass is 560 g/mol. The fourth-order valence-electron chi connectivity index (χ4n) is 2.80. The molecule has 0 atom stereocenters. The first-order chi connectivity index (χ1) is 16.6. The average Bonchev–Trinajstić information content (AvgIpc) is 2.78. The fourth-order valence-corrected chi connectivity index (χ4v) is 2.80. The molecule has 0 unspecified atom stereocenters. The Labute approximate surface area is 198 Å². The third kappa shape index (κ3) is 5.28. The zero-order valence-corrected chi connectivity index (χ0v) is 17.7. The highest BCUT2D eigenvalue weighted by Gasteiger charge is 2.90. The summed E-state index contributed by atoms with van der Waals surface area (Å²) < 4.78 is 175. The number of carboxylic acid groups (broad SMARTS) is 1. The Morgan fingerprint density at radius 3 is 1.43 bits per heavy atom. The van der Waals surface area contributed by atoms with E-state index in [0.717, 1.165) is 12.1 Å². The highest BCUT2D eigenvalue weighted by atomic mass is 19.4. The van der Waals surface area contributed by atoms with Crippen LogP contribution in [0.1, 0.15) is 16.8 Å². The molecule has 0 aliphatic rings. The largest absolute Gasteiger partial charge is 0.493 e. The van der Waals surface area contributed by atoms with E-state index < -0.39 is 54.8 Å². The molecule has 0 amide bonds. The second kappa shape index (κ2) is 9.59. The van der Waals surface area contributed by atoms with Crippen LogP contribution in [0.25, 0.3) is 11.1 Å². The van der Waals surface area contributed by atoms with Gasteiger partial charge >= 0.3 is 41.8 Å². The molecule has 3 nitrogen and oxygen atoms in total. The lowest BCUT2D eigenvalue weighted by Gasteiger charge is -2.39. The first-order valence-electron chi connectivity index (χ1n) is 9.62. The molecule has 1 N–H and O–H groups in total. The highest BCUT2D eigenvalue weighted by Crippen LogP contribution is 2.60. The van der Waals surface area contributed by atoms with Crippen LogP contribution in [0, 0.1) is 0 Å². The number of halogens is 13. The van der Waals surface area contributed by atoms with Gasteiger partial charge in [0.2, 0.25) is 0 Å². The minimum atomic E-state index is -7.94. The molecule has 2 aromatic carbocycles. The molecule has 0 aliphatic heterocycles. The van der Waals surface area contributed by atoms with Gasteiger partial charge in [0.1, 0.15) is 5.75 Å². The Hall–Kier alpha value is -3.20. The van der Waals surface area contributed by atoms with Crippen LogP contribution in [0.4, 0.5) is 57.1 Å². The molecular weight excluding hydrogens is 547 g/mol. The maximum atomic E-state index is 13.8. The Morgan fingerprint density at radius 1 is 0.622 bits per heavy atom. The SMILES string of the molecule is O=C(O)c1ccc(-c2ccc(OCCC(F)(F)C(F)(F)C(F)(F)C(F)(F)C(F)(F)C(F)(F)F)cc2)cc1. The van der Waals surface area contributed by atoms with Crippen molar-refractivity contribution in [2.45, 2.75) is 42.2 Å². The van der Waals surface area contributed by atoms with Crippen molar-refractivity contribution in [2.75, 3.05) is 6.61 Å². The number of ether oxygens (including phenoxy) is 1. The van der Waals surface area contributed by atoms with Gasteiger partial charge in [-0.25, -0.2) is 4.79 Å². The van der Waals surface area contributed by atoms with Crippen molar-refractivity contribution in [3.63, 3.8) is 0 Å². The number of carbonyl (C=O) groups is 1. The summed E-state index contributed by atoms with van der Waals surface area (Å²) in [6, 6.07) is 10.0. The number of benzene rings is 2. The van der Waals surface area contributed by atoms with E-state index >= 15 is 0 Å². The summed E-state index contributed by atoms with van der Waals surface area (Å²) in [5.74, 6) is -38.6. The van der Waals surface area contributed by atoms with E-state index in [2.05, 4.69) is 4.74 Å². The Balaban J connectivity index is 2.13. The molecular formula is C21H13F13O3. The van der Waals surface area contributed by atoms with Gasteiger partial charge in [0.25, 0.3) is 0 Å². The van der Waals surface area contributed by atoms with E-state index in [1.165, 1.54) is 36.4 Å². The number of hydrogen-bond acceptors (Lipinski definition) is 2. The number of hydrogen-bond donors (Lipinski definition) is 1. The summed E-state index contributed by atoms with van der Waals surface area (Å²) in [7, 11) is 0. The average molecular weight is 560 g/mol. The van der Waals surface area contributed by atoms with Crippen molar-refractivity contribution < 1.29 is 71.7 Å². The fraction of sp³-hybridized carbons (Fsp3) is 0.381. The van der Waals surface area contributed by atoms with Crippen LogP contribution in [-0.4, -0.2) is 53.5 Å². The lowest BCUT2D eigenvalue weighted by Crippen LogP contribution is -2.70. The molecule has 37 heavy (non-hydrogen) atoms. The summed E-state index contributed by atoms with van der Waals surface area (Å²) in [6.45, 7) is -1.56. The zero-order chi connectivity index (χ0) is 28.7. The highest BCUT2D eigenvalue weighted by molar-refractivity contribution is 5.88. The van der Waals surface area contributed by atoms with Crippen LogP contribution in [0.3, 0.4) is 0 Å². The van der Waals surface area contributed by atoms with Crippen LogP contribution >= 0.6 is 0 Å². The summed E-state index contributed by atoms with van der Waals surface area (Å²) in [5, 5.41) is 8.85. The first-order valence-corrected chi connectivity index (χ1v) is 9.62. The summed E-state index contributed by atoms with van der Waals surface area (Å²) in [5.41, 5.74) is 0.863. The molecule has 2 rings (SSSR count). The first kappa shape index (κ1) is 30.0. The lowest BCUT2D eigenvalue weighted by atomic mass is 9.93. The lowest BCUT2D eigenvalue weighted by molar-refractivity contribution is -0.440. The van der Waals surface area contributed by atoms with E-state index in [9.17, 15) is 61.9 Å². The molecule has 206 valence electrons. The van der Waals surface area contributed by atoms with Gasteiger partial charge in [0.05, 0.1) is 18.6 Å². The van der Waals surface area contributed by atoms with Crippen LogP contribution < -0.4 is 4.74 Å². The molecule has 0 aliphatic carbocycles. The van der Waals surface area contributed by atoms with Crippen molar-refractivity contribution in [3.05, 3.63) is 54.1 Å². The van der Waals surface area contributed by atoms with Gasteiger partial charge < -0.3 is 9.84 Å². The Morgan fingerprint density at radius 2 is 1.03 bits per heavy atom. The normalized spacial score (nSPS) is 14.0. The molecule has 0 radical (unpaired) electrons. The van der Waals surface area contributed by atoms with E-state index in [-0.39, 0.29) is 11.3 Å². The Bertz CT molecular complexity index is 1090. The molecule has 0 aromatic heterocycles. The van der Waals surface area contributed by atoms with E-state index in [0.29, 0.717) is 11.1 Å². The Kier molecular flexibility index (Phi) is 7.79. The van der Waals surface area contributed by atoms with Crippen molar-refractivity contribution in [1.82, 2.24) is 0 Å². The third-order valence-electron chi connectivity index (χ3n) is 5.00. The van der Waals surface area contributed by atoms with Crippen molar-refractivity contribution in [3.8, 4) is 16.9 Å². The van der Waals surface area contributed by atoms with Gasteiger partial charge in [-0.1, -0.05) is 24.3 Å². The minimum absolute atomic E-state index is 0.0353. The van der Waals surface area contributed by atoms with Gasteiger partial charge in [-0.15, -0.1) is 0 Å². The van der Waals surface area contributed by atoms with E-state index in [1.54, 1.807) is 0 Å². The maximum Gasteiger partial charge on any atom is 0.460 e. The van der Waals surface area contributed by atoms with Crippen LogP contribution in [0.15, 0.2) is 48.5 Å². The standard InChI is InChI=1S/C21H13F13O3/c22-16(23,17(24,25)18(26,27)19(28,29)20(30,31)21(32,33)34)9-10-37-14-7-5-12(6-8-14)11-1-3-13(4-2-11)15(35)36/h1-8H,9-10H2,(H,35,36). The predicted molar refractivity (Wildman–Crippen MR) is 99.7 cm³/mol. The summed E-state index contributed by atoms with van der Waals surface area (Å²) in [4.78, 5) is 10.8. The van der Waals surface area contributed by atoms with Gasteiger partial charge in [-0.3, -0.25) is 0 Å². The predicted octanol–water partition coefficient (Wildman–Crippen LogP) is 7.56. The van der Waals surface area contributed by atoms with E-state index in [1.807, 2.05) is 0 Å². The molecule has 0 bridgehead atoms. The van der Waals surface area contributed by atoms with Gasteiger partial charge in [-0.05, 0) is 35.4 Å². The maximum absolute atomic E-state index is 13.8. The van der Waals surface area contributed by atoms with Crippen LogP contribution in [-0.2, 0) is 0 Å². The molecule has 2 aromatic rings. The molecule has 16 heteroatoms. The van der Waals surface area contributed by atoms with Crippen LogP contribution in [0.2, 0.25) is 0 Å². The number of alkyl halides is 13. The third-order valence-corrected chi connectivity index (χ3v) is 5.00. The van der Waals surface area contributed by atoms with Crippen LogP contribution in [0.5, 0.6) is 5.75 Å². The van der Waals surface area contributed by atoms with Crippen molar-refractivity contribution in [2.24, 2.45) is 0 Å². The van der Waals surface area contributed by atoms with Crippen molar-refractivity contribution in [1.29, 1.82) is 0 Å².